The van der Waals surface area contributed by atoms with Gasteiger partial charge in [-0.1, -0.05) is 33.6 Å². The summed E-state index contributed by atoms with van der Waals surface area (Å²) in [6.45, 7) is 7.31. The van der Waals surface area contributed by atoms with E-state index in [1.54, 1.807) is 0 Å². The summed E-state index contributed by atoms with van der Waals surface area (Å²) >= 11 is 0. The number of carbonyl (C=O) groups excluding carboxylic acids is 1. The van der Waals surface area contributed by atoms with Gasteiger partial charge in [0.2, 0.25) is 0 Å². The minimum Gasteiger partial charge on any atom is -0.468 e. The number of rotatable bonds is 5. The van der Waals surface area contributed by atoms with E-state index < -0.39 is 21.1 Å². The van der Waals surface area contributed by atoms with Gasteiger partial charge in [0, 0.05) is 6.26 Å². The van der Waals surface area contributed by atoms with Gasteiger partial charge in [0.1, 0.15) is 0 Å². The highest BCUT2D eigenvalue weighted by Gasteiger charge is 2.60. The van der Waals surface area contributed by atoms with Crippen molar-refractivity contribution in [2.45, 2.75) is 96.7 Å². The van der Waals surface area contributed by atoms with Gasteiger partial charge in [-0.25, -0.2) is 8.42 Å². The Morgan fingerprint density at radius 1 is 0.968 bits per heavy atom. The van der Waals surface area contributed by atoms with Gasteiger partial charge in [-0.05, 0) is 104 Å². The Morgan fingerprint density at radius 3 is 2.35 bits per heavy atom. The molecule has 4 aliphatic carbocycles. The highest BCUT2D eigenvalue weighted by molar-refractivity contribution is 7.92. The quantitative estimate of drug-likeness (QED) is 0.506. The van der Waals surface area contributed by atoms with Crippen molar-refractivity contribution in [1.29, 1.82) is 0 Å². The fraction of sp³-hybridized carbons (Fsp3) is 0.962. The molecule has 31 heavy (non-hydrogen) atoms. The number of esters is 1. The second kappa shape index (κ2) is 8.33. The molecule has 0 spiro atoms. The average molecular weight is 453 g/mol. The van der Waals surface area contributed by atoms with Gasteiger partial charge in [0.05, 0.1) is 7.11 Å². The number of sulfone groups is 1. The summed E-state index contributed by atoms with van der Waals surface area (Å²) in [5.74, 6) is 3.57. The summed E-state index contributed by atoms with van der Waals surface area (Å²) in [6.07, 6.45) is 15.2. The smallest absolute Gasteiger partial charge is 0.324 e. The van der Waals surface area contributed by atoms with Crippen molar-refractivity contribution < 1.29 is 17.9 Å². The van der Waals surface area contributed by atoms with Gasteiger partial charge in [-0.3, -0.25) is 4.79 Å². The summed E-state index contributed by atoms with van der Waals surface area (Å²) in [5, 5.41) is -1.02. The summed E-state index contributed by atoms with van der Waals surface area (Å²) < 4.78 is 29.5. The molecule has 9 atom stereocenters. The SMILES string of the molecule is COC(=O)C(C[C@@H](C)[C@H]1CC[C@H]2[C@@H]3CCC4CCCC[C@]4(C)[C@H]3CC[C@]12C)S(C)(=O)=O. The molecule has 0 aromatic heterocycles. The third-order valence-electron chi connectivity index (χ3n) is 10.9. The molecule has 4 aliphatic rings. The fourth-order valence-corrected chi connectivity index (χ4v) is 10.4. The molecule has 178 valence electrons. The first kappa shape index (κ1) is 23.6. The molecule has 0 heterocycles. The molecule has 0 aliphatic heterocycles. The molecule has 0 radical (unpaired) electrons. The van der Waals surface area contributed by atoms with E-state index in [2.05, 4.69) is 20.8 Å². The van der Waals surface area contributed by atoms with Crippen LogP contribution in [-0.2, 0) is 19.4 Å². The second-order valence-electron chi connectivity index (χ2n) is 12.2. The maximum absolute atomic E-state index is 12.3. The van der Waals surface area contributed by atoms with Crippen molar-refractivity contribution in [3.05, 3.63) is 0 Å². The number of ether oxygens (including phenoxy) is 1. The van der Waals surface area contributed by atoms with E-state index in [0.717, 1.165) is 23.7 Å². The van der Waals surface area contributed by atoms with E-state index in [-0.39, 0.29) is 11.3 Å². The Hall–Kier alpha value is -0.580. The Morgan fingerprint density at radius 2 is 1.68 bits per heavy atom. The number of methoxy groups -OCH3 is 1. The highest BCUT2D eigenvalue weighted by atomic mass is 32.2. The van der Waals surface area contributed by atoms with Crippen molar-refractivity contribution in [1.82, 2.24) is 0 Å². The first-order valence-corrected chi connectivity index (χ1v) is 14.7. The molecular weight excluding hydrogens is 408 g/mol. The topological polar surface area (TPSA) is 60.4 Å². The molecule has 2 unspecified atom stereocenters. The van der Waals surface area contributed by atoms with Crippen LogP contribution < -0.4 is 0 Å². The largest absolute Gasteiger partial charge is 0.468 e. The molecule has 4 rings (SSSR count). The first-order valence-electron chi connectivity index (χ1n) is 12.8. The van der Waals surface area contributed by atoms with Gasteiger partial charge in [-0.2, -0.15) is 0 Å². The van der Waals surface area contributed by atoms with Crippen LogP contribution in [0, 0.1) is 46.3 Å². The van der Waals surface area contributed by atoms with Crippen LogP contribution in [0.15, 0.2) is 0 Å². The number of hydrogen-bond donors (Lipinski definition) is 0. The predicted octanol–water partition coefficient (Wildman–Crippen LogP) is 5.65. The lowest BCUT2D eigenvalue weighted by Gasteiger charge is -2.61. The van der Waals surface area contributed by atoms with Crippen molar-refractivity contribution >= 4 is 15.8 Å². The number of hydrogen-bond acceptors (Lipinski definition) is 4. The zero-order valence-electron chi connectivity index (χ0n) is 20.4. The molecule has 4 saturated carbocycles. The van der Waals surface area contributed by atoms with Gasteiger partial charge in [0.25, 0.3) is 0 Å². The molecule has 4 nitrogen and oxygen atoms in total. The summed E-state index contributed by atoms with van der Waals surface area (Å²) in [7, 11) is -2.17. The van der Waals surface area contributed by atoms with Crippen molar-refractivity contribution in [3.8, 4) is 0 Å². The highest BCUT2D eigenvalue weighted by Crippen LogP contribution is 2.68. The first-order chi connectivity index (χ1) is 14.5. The lowest BCUT2D eigenvalue weighted by molar-refractivity contribution is -0.140. The predicted molar refractivity (Wildman–Crippen MR) is 124 cm³/mol. The molecule has 0 N–H and O–H groups in total. The summed E-state index contributed by atoms with van der Waals surface area (Å²) in [6, 6.07) is 0. The van der Waals surface area contributed by atoms with Crippen LogP contribution >= 0.6 is 0 Å². The standard InChI is InChI=1S/C26H44O4S/c1-17(16-23(24(27)30-4)31(5,28)29)20-11-12-21-19-10-9-18-8-6-7-14-25(18,2)22(19)13-15-26(20,21)3/h17-23H,6-16H2,1-5H3/t17-,18?,19+,20-,21+,22+,23?,25+,26-/m1/s1. The summed E-state index contributed by atoms with van der Waals surface area (Å²) in [5.41, 5.74) is 0.842. The van der Waals surface area contributed by atoms with E-state index >= 15 is 0 Å². The van der Waals surface area contributed by atoms with E-state index in [0.29, 0.717) is 17.8 Å². The molecule has 0 saturated heterocycles. The minimum absolute atomic E-state index is 0.215. The third kappa shape index (κ3) is 3.89. The van der Waals surface area contributed by atoms with Crippen molar-refractivity contribution in [2.24, 2.45) is 46.3 Å². The normalized spacial score (nSPS) is 44.5. The number of carbonyl (C=O) groups is 1. The van der Waals surface area contributed by atoms with Crippen molar-refractivity contribution in [2.75, 3.05) is 13.4 Å². The molecular formula is C26H44O4S. The monoisotopic (exact) mass is 452 g/mol. The lowest BCUT2D eigenvalue weighted by Crippen LogP contribution is -2.53. The van der Waals surface area contributed by atoms with Crippen LogP contribution in [0.3, 0.4) is 0 Å². The Labute approximate surface area is 190 Å². The maximum Gasteiger partial charge on any atom is 0.324 e. The van der Waals surface area contributed by atoms with Crippen LogP contribution in [-0.4, -0.2) is 33.0 Å². The van der Waals surface area contributed by atoms with Crippen LogP contribution in [0.2, 0.25) is 0 Å². The maximum atomic E-state index is 12.3. The van der Waals surface area contributed by atoms with Crippen LogP contribution in [0.1, 0.15) is 91.4 Å². The molecule has 0 aromatic carbocycles. The van der Waals surface area contributed by atoms with Gasteiger partial charge >= 0.3 is 5.97 Å². The summed E-state index contributed by atoms with van der Waals surface area (Å²) in [4.78, 5) is 12.2. The zero-order valence-corrected chi connectivity index (χ0v) is 21.2. The van der Waals surface area contributed by atoms with Crippen molar-refractivity contribution in [3.63, 3.8) is 0 Å². The Bertz CT molecular complexity index is 791. The van der Waals surface area contributed by atoms with E-state index in [9.17, 15) is 13.2 Å². The molecule has 4 fully saturated rings. The third-order valence-corrected chi connectivity index (χ3v) is 12.3. The van der Waals surface area contributed by atoms with Crippen LogP contribution in [0.4, 0.5) is 0 Å². The van der Waals surface area contributed by atoms with Gasteiger partial charge < -0.3 is 4.74 Å². The van der Waals surface area contributed by atoms with Gasteiger partial charge in [-0.15, -0.1) is 0 Å². The molecule has 0 aromatic rings. The lowest BCUT2D eigenvalue weighted by atomic mass is 9.44. The Kier molecular flexibility index (Phi) is 6.33. The molecule has 5 heteroatoms. The number of fused-ring (bicyclic) bond motifs is 5. The minimum atomic E-state index is -3.46. The van der Waals surface area contributed by atoms with E-state index in [1.807, 2.05) is 0 Å². The zero-order chi connectivity index (χ0) is 22.6. The van der Waals surface area contributed by atoms with Crippen LogP contribution in [0.5, 0.6) is 0 Å². The second-order valence-corrected chi connectivity index (χ2v) is 14.4. The fourth-order valence-electron chi connectivity index (χ4n) is 9.35. The van der Waals surface area contributed by atoms with E-state index in [1.165, 1.54) is 77.6 Å². The average Bonchev–Trinajstić information content (AvgIpc) is 3.07. The molecule has 0 bridgehead atoms. The molecule has 0 amide bonds. The Balaban J connectivity index is 1.53. The van der Waals surface area contributed by atoms with Gasteiger partial charge in [0.15, 0.2) is 15.1 Å². The van der Waals surface area contributed by atoms with Crippen LogP contribution in [0.25, 0.3) is 0 Å². The van der Waals surface area contributed by atoms with E-state index in [4.69, 9.17) is 4.74 Å².